The number of anilines is 2. The van der Waals surface area contributed by atoms with E-state index in [4.69, 9.17) is 16.3 Å². The molecule has 2 amide bonds. The van der Waals surface area contributed by atoms with Crippen molar-refractivity contribution < 1.29 is 22.7 Å². The van der Waals surface area contributed by atoms with Crippen LogP contribution in [0.5, 0.6) is 0 Å². The number of sulfonamides is 1. The normalized spacial score (nSPS) is 16.1. The Labute approximate surface area is 217 Å². The van der Waals surface area contributed by atoms with Gasteiger partial charge in [0.1, 0.15) is 6.10 Å². The number of aromatic nitrogens is 2. The SMILES string of the molecule is CC(C)(C)S(=O)(=O)Nc1ccccc1-c1cnc(N2C[C@H](CNC(=O)c3ccc(Cl)s3)OC2=O)cn1. The summed E-state index contributed by atoms with van der Waals surface area (Å²) >= 11 is 7.02. The maximum atomic E-state index is 12.6. The van der Waals surface area contributed by atoms with Gasteiger partial charge in [0, 0.05) is 5.56 Å². The summed E-state index contributed by atoms with van der Waals surface area (Å²) in [5.74, 6) is -0.0262. The fourth-order valence-corrected chi connectivity index (χ4v) is 4.97. The fraction of sp³-hybridized carbons (Fsp3) is 0.304. The number of cyclic esters (lactones) is 1. The monoisotopic (exact) mass is 549 g/mol. The van der Waals surface area contributed by atoms with Crippen LogP contribution in [0.2, 0.25) is 4.34 Å². The molecule has 0 bridgehead atoms. The van der Waals surface area contributed by atoms with Crippen molar-refractivity contribution in [2.75, 3.05) is 22.7 Å². The molecule has 36 heavy (non-hydrogen) atoms. The molecule has 0 aliphatic carbocycles. The zero-order chi connectivity index (χ0) is 26.1. The summed E-state index contributed by atoms with van der Waals surface area (Å²) in [7, 11) is -3.65. The van der Waals surface area contributed by atoms with Crippen LogP contribution in [0, 0.1) is 0 Å². The van der Waals surface area contributed by atoms with E-state index in [1.54, 1.807) is 57.2 Å². The van der Waals surface area contributed by atoms with Gasteiger partial charge in [-0.15, -0.1) is 11.3 Å². The van der Waals surface area contributed by atoms with E-state index in [-0.39, 0.29) is 24.8 Å². The van der Waals surface area contributed by atoms with Crippen LogP contribution in [0.1, 0.15) is 30.4 Å². The van der Waals surface area contributed by atoms with Gasteiger partial charge in [-0.25, -0.2) is 18.2 Å². The van der Waals surface area contributed by atoms with Crippen molar-refractivity contribution in [1.82, 2.24) is 15.3 Å². The molecular weight excluding hydrogens is 526 g/mol. The first kappa shape index (κ1) is 25.9. The molecule has 2 aromatic heterocycles. The first-order chi connectivity index (χ1) is 16.9. The lowest BCUT2D eigenvalue weighted by atomic mass is 10.1. The molecule has 0 radical (unpaired) electrons. The van der Waals surface area contributed by atoms with Crippen LogP contribution >= 0.6 is 22.9 Å². The Hall–Kier alpha value is -3.22. The lowest BCUT2D eigenvalue weighted by molar-refractivity contribution is 0.0920. The van der Waals surface area contributed by atoms with E-state index in [2.05, 4.69) is 20.0 Å². The first-order valence-corrected chi connectivity index (χ1v) is 13.6. The van der Waals surface area contributed by atoms with Crippen molar-refractivity contribution in [3.8, 4) is 11.3 Å². The lowest BCUT2D eigenvalue weighted by Crippen LogP contribution is -2.34. The molecule has 1 aliphatic rings. The van der Waals surface area contributed by atoms with Crippen molar-refractivity contribution in [2.45, 2.75) is 31.6 Å². The van der Waals surface area contributed by atoms with Crippen LogP contribution < -0.4 is 14.9 Å². The van der Waals surface area contributed by atoms with Crippen molar-refractivity contribution in [2.24, 2.45) is 0 Å². The third-order valence-electron chi connectivity index (χ3n) is 5.33. The molecule has 2 N–H and O–H groups in total. The molecule has 4 rings (SSSR count). The van der Waals surface area contributed by atoms with Gasteiger partial charge in [-0.2, -0.15) is 0 Å². The van der Waals surface area contributed by atoms with Gasteiger partial charge in [0.05, 0.1) is 50.8 Å². The van der Waals surface area contributed by atoms with Crippen LogP contribution in [-0.2, 0) is 14.8 Å². The number of carbonyl (C=O) groups is 2. The minimum atomic E-state index is -3.65. The van der Waals surface area contributed by atoms with Gasteiger partial charge in [-0.05, 0) is 39.0 Å². The molecular formula is C23H24ClN5O5S2. The first-order valence-electron chi connectivity index (χ1n) is 10.9. The van der Waals surface area contributed by atoms with Crippen molar-refractivity contribution in [1.29, 1.82) is 0 Å². The van der Waals surface area contributed by atoms with Crippen molar-refractivity contribution >= 4 is 56.5 Å². The highest BCUT2D eigenvalue weighted by Gasteiger charge is 2.34. The lowest BCUT2D eigenvalue weighted by Gasteiger charge is -2.21. The van der Waals surface area contributed by atoms with E-state index in [0.717, 1.165) is 11.3 Å². The van der Waals surface area contributed by atoms with E-state index < -0.39 is 27.0 Å². The van der Waals surface area contributed by atoms with Crippen LogP contribution in [0.15, 0.2) is 48.8 Å². The Morgan fingerprint density at radius 3 is 2.58 bits per heavy atom. The largest absolute Gasteiger partial charge is 0.442 e. The number of para-hydroxylation sites is 1. The molecule has 3 aromatic rings. The summed E-state index contributed by atoms with van der Waals surface area (Å²) in [5.41, 5.74) is 1.34. The number of amides is 2. The number of ether oxygens (including phenoxy) is 1. The summed E-state index contributed by atoms with van der Waals surface area (Å²) in [6, 6.07) is 10.1. The van der Waals surface area contributed by atoms with Crippen LogP contribution in [0.4, 0.5) is 16.3 Å². The highest BCUT2D eigenvalue weighted by Crippen LogP contribution is 2.30. The standard InChI is InChI=1S/C23H24ClN5O5S2/c1-23(2,3)36(32,33)28-16-7-5-4-6-15(16)17-11-26-20(12-25-17)29-13-14(34-22(29)31)10-27-21(30)18-8-9-19(24)35-18/h4-9,11-12,14,28H,10,13H2,1-3H3,(H,27,30)/t14-/m0/s1. The van der Waals surface area contributed by atoms with Gasteiger partial charge in [-0.1, -0.05) is 29.8 Å². The molecule has 0 saturated carbocycles. The molecule has 0 unspecified atom stereocenters. The summed E-state index contributed by atoms with van der Waals surface area (Å²) in [6.45, 7) is 5.14. The van der Waals surface area contributed by atoms with Crippen molar-refractivity contribution in [3.63, 3.8) is 0 Å². The maximum Gasteiger partial charge on any atom is 0.416 e. The second-order valence-electron chi connectivity index (χ2n) is 8.95. The number of rotatable bonds is 7. The van der Waals surface area contributed by atoms with Gasteiger partial charge in [-0.3, -0.25) is 19.4 Å². The average Bonchev–Trinajstić information content (AvgIpc) is 3.42. The smallest absolute Gasteiger partial charge is 0.416 e. The number of hydrogen-bond donors (Lipinski definition) is 2. The number of hydrogen-bond acceptors (Lipinski definition) is 8. The number of thiophene rings is 1. The Kier molecular flexibility index (Phi) is 7.21. The van der Waals surface area contributed by atoms with E-state index in [1.807, 2.05) is 0 Å². The molecule has 1 saturated heterocycles. The second kappa shape index (κ2) is 10.0. The molecule has 13 heteroatoms. The van der Waals surface area contributed by atoms with E-state index in [0.29, 0.717) is 26.2 Å². The highest BCUT2D eigenvalue weighted by molar-refractivity contribution is 7.94. The third-order valence-corrected chi connectivity index (χ3v) is 8.66. The zero-order valence-electron chi connectivity index (χ0n) is 19.7. The van der Waals surface area contributed by atoms with E-state index in [9.17, 15) is 18.0 Å². The number of halogens is 1. The molecule has 10 nitrogen and oxygen atoms in total. The number of benzene rings is 1. The van der Waals surface area contributed by atoms with Gasteiger partial charge in [0.25, 0.3) is 5.91 Å². The molecule has 190 valence electrons. The molecule has 1 atom stereocenters. The average molecular weight is 550 g/mol. The van der Waals surface area contributed by atoms with Gasteiger partial charge in [0.2, 0.25) is 10.0 Å². The third kappa shape index (κ3) is 5.61. The highest BCUT2D eigenvalue weighted by atomic mass is 35.5. The van der Waals surface area contributed by atoms with Crippen LogP contribution in [0.25, 0.3) is 11.3 Å². The van der Waals surface area contributed by atoms with E-state index >= 15 is 0 Å². The molecule has 1 aliphatic heterocycles. The van der Waals surface area contributed by atoms with Gasteiger partial charge >= 0.3 is 6.09 Å². The topological polar surface area (TPSA) is 131 Å². The van der Waals surface area contributed by atoms with Crippen LogP contribution in [-0.4, -0.2) is 54.3 Å². The Morgan fingerprint density at radius 2 is 1.94 bits per heavy atom. The maximum absolute atomic E-state index is 12.6. The molecule has 0 spiro atoms. The fourth-order valence-electron chi connectivity index (χ4n) is 3.24. The molecule has 3 heterocycles. The number of nitrogens with one attached hydrogen (secondary N) is 2. The Bertz CT molecular complexity index is 1390. The Morgan fingerprint density at radius 1 is 1.19 bits per heavy atom. The minimum Gasteiger partial charge on any atom is -0.442 e. The predicted octanol–water partition coefficient (Wildman–Crippen LogP) is 4.15. The van der Waals surface area contributed by atoms with E-state index in [1.165, 1.54) is 17.3 Å². The second-order valence-corrected chi connectivity index (χ2v) is 13.1. The minimum absolute atomic E-state index is 0.128. The summed E-state index contributed by atoms with van der Waals surface area (Å²) in [5, 5.41) is 2.73. The predicted molar refractivity (Wildman–Crippen MR) is 139 cm³/mol. The van der Waals surface area contributed by atoms with Crippen LogP contribution in [0.3, 0.4) is 0 Å². The Balaban J connectivity index is 1.44. The van der Waals surface area contributed by atoms with Gasteiger partial charge < -0.3 is 10.1 Å². The number of nitrogens with zero attached hydrogens (tertiary/aromatic N) is 3. The zero-order valence-corrected chi connectivity index (χ0v) is 22.1. The summed E-state index contributed by atoms with van der Waals surface area (Å²) < 4.78 is 32.8. The van der Waals surface area contributed by atoms with Gasteiger partial charge in [0.15, 0.2) is 5.82 Å². The summed E-state index contributed by atoms with van der Waals surface area (Å²) in [4.78, 5) is 35.1. The molecule has 1 aromatic carbocycles. The van der Waals surface area contributed by atoms with Crippen molar-refractivity contribution in [3.05, 3.63) is 58.0 Å². The quantitative estimate of drug-likeness (QED) is 0.452. The summed E-state index contributed by atoms with van der Waals surface area (Å²) in [6.07, 6.45) is 1.71. The number of carbonyl (C=O) groups excluding carboxylic acids is 2. The molecule has 1 fully saturated rings.